The van der Waals surface area contributed by atoms with E-state index < -0.39 is 4.92 Å². The minimum Gasteiger partial charge on any atom is -0.493 e. The Labute approximate surface area is 190 Å². The summed E-state index contributed by atoms with van der Waals surface area (Å²) in [7, 11) is 1.53. The van der Waals surface area contributed by atoms with Crippen molar-refractivity contribution in [2.75, 3.05) is 51.9 Å². The molecule has 3 aromatic rings. The van der Waals surface area contributed by atoms with Crippen molar-refractivity contribution in [3.8, 4) is 11.5 Å². The number of pyridine rings is 1. The maximum Gasteiger partial charge on any atom is 0.311 e. The van der Waals surface area contributed by atoms with Gasteiger partial charge in [0.2, 0.25) is 0 Å². The van der Waals surface area contributed by atoms with Crippen molar-refractivity contribution >= 4 is 39.6 Å². The first-order chi connectivity index (χ1) is 15.5. The molecule has 0 radical (unpaired) electrons. The molecular weight excluding hydrogens is 436 g/mol. The molecule has 0 saturated carbocycles. The van der Waals surface area contributed by atoms with Crippen molar-refractivity contribution < 1.29 is 19.1 Å². The number of halogens is 1. The fourth-order valence-electron chi connectivity index (χ4n) is 3.55. The predicted octanol–water partition coefficient (Wildman–Crippen LogP) is 4.26. The van der Waals surface area contributed by atoms with Crippen LogP contribution < -0.4 is 14.8 Å². The van der Waals surface area contributed by atoms with E-state index in [1.54, 1.807) is 36.4 Å². The third kappa shape index (κ3) is 5.01. The van der Waals surface area contributed by atoms with Crippen LogP contribution in [0.5, 0.6) is 11.5 Å². The minimum absolute atomic E-state index is 0.152. The van der Waals surface area contributed by atoms with Gasteiger partial charge in [-0.3, -0.25) is 15.0 Å². The standard InChI is InChI=1S/C22H23ClN4O5/c1-30-20-12-17-18(13-21(20)32-10-7-26-5-8-31-9-6-26)24-14-19(27(28)29)22(17)25-16-4-2-3-15(23)11-16/h2-4,11-14H,5-10H2,1H3,(H,24,25). The molecule has 2 aromatic carbocycles. The van der Waals surface area contributed by atoms with E-state index in [2.05, 4.69) is 15.2 Å². The number of fused-ring (bicyclic) bond motifs is 1. The fraction of sp³-hybridized carbons (Fsp3) is 0.318. The number of methoxy groups -OCH3 is 1. The zero-order valence-corrected chi connectivity index (χ0v) is 18.3. The van der Waals surface area contributed by atoms with Gasteiger partial charge in [0.1, 0.15) is 18.5 Å². The smallest absolute Gasteiger partial charge is 0.311 e. The number of nitrogens with one attached hydrogen (secondary N) is 1. The van der Waals surface area contributed by atoms with E-state index in [4.69, 9.17) is 25.8 Å². The Hall–Kier alpha value is -3.14. The number of anilines is 2. The van der Waals surface area contributed by atoms with Crippen LogP contribution in [0.15, 0.2) is 42.6 Å². The van der Waals surface area contributed by atoms with Crippen LogP contribution >= 0.6 is 11.6 Å². The molecule has 1 aliphatic rings. The molecule has 1 saturated heterocycles. The minimum atomic E-state index is -0.474. The summed E-state index contributed by atoms with van der Waals surface area (Å²) >= 11 is 6.07. The number of morpholine rings is 1. The molecule has 2 heterocycles. The topological polar surface area (TPSA) is 99.0 Å². The number of ether oxygens (including phenoxy) is 3. The monoisotopic (exact) mass is 458 g/mol. The second kappa shape index (κ2) is 9.99. The Balaban J connectivity index is 1.65. The molecule has 1 fully saturated rings. The highest BCUT2D eigenvalue weighted by atomic mass is 35.5. The number of nitrogens with zero attached hydrogens (tertiary/aromatic N) is 3. The number of nitro groups is 1. The van der Waals surface area contributed by atoms with Crippen LogP contribution in [-0.2, 0) is 4.74 Å². The van der Waals surface area contributed by atoms with Gasteiger partial charge in [-0.15, -0.1) is 0 Å². The maximum absolute atomic E-state index is 11.7. The Morgan fingerprint density at radius 1 is 1.25 bits per heavy atom. The number of hydrogen-bond acceptors (Lipinski definition) is 8. The van der Waals surface area contributed by atoms with Gasteiger partial charge >= 0.3 is 5.69 Å². The van der Waals surface area contributed by atoms with Gasteiger partial charge in [-0.1, -0.05) is 17.7 Å². The average Bonchev–Trinajstić information content (AvgIpc) is 2.79. The van der Waals surface area contributed by atoms with Gasteiger partial charge in [0.05, 0.1) is 30.8 Å². The normalized spacial score (nSPS) is 14.3. The molecule has 1 aromatic heterocycles. The average molecular weight is 459 g/mol. The maximum atomic E-state index is 11.7. The van der Waals surface area contributed by atoms with Gasteiger partial charge < -0.3 is 19.5 Å². The number of hydrogen-bond donors (Lipinski definition) is 1. The Bertz CT molecular complexity index is 1120. The largest absolute Gasteiger partial charge is 0.493 e. The summed E-state index contributed by atoms with van der Waals surface area (Å²) in [5, 5.41) is 15.8. The summed E-state index contributed by atoms with van der Waals surface area (Å²) in [6.07, 6.45) is 1.24. The molecule has 32 heavy (non-hydrogen) atoms. The zero-order chi connectivity index (χ0) is 22.5. The molecule has 0 aliphatic carbocycles. The molecule has 0 spiro atoms. The molecule has 1 N–H and O–H groups in total. The first-order valence-corrected chi connectivity index (χ1v) is 10.5. The molecule has 1 aliphatic heterocycles. The summed E-state index contributed by atoms with van der Waals surface area (Å²) < 4.78 is 16.9. The van der Waals surface area contributed by atoms with Crippen LogP contribution in [0.2, 0.25) is 5.02 Å². The highest BCUT2D eigenvalue weighted by Crippen LogP contribution is 2.40. The summed E-state index contributed by atoms with van der Waals surface area (Å²) in [6, 6.07) is 10.4. The van der Waals surface area contributed by atoms with E-state index in [-0.39, 0.29) is 5.69 Å². The highest BCUT2D eigenvalue weighted by molar-refractivity contribution is 6.30. The lowest BCUT2D eigenvalue weighted by Gasteiger charge is -2.26. The number of rotatable bonds is 8. The Morgan fingerprint density at radius 2 is 2.06 bits per heavy atom. The lowest BCUT2D eigenvalue weighted by atomic mass is 10.1. The summed E-state index contributed by atoms with van der Waals surface area (Å²) in [5.74, 6) is 0.999. The molecule has 9 nitrogen and oxygen atoms in total. The first kappa shape index (κ1) is 22.1. The third-order valence-electron chi connectivity index (χ3n) is 5.19. The van der Waals surface area contributed by atoms with Crippen molar-refractivity contribution in [3.63, 3.8) is 0 Å². The predicted molar refractivity (Wildman–Crippen MR) is 122 cm³/mol. The summed E-state index contributed by atoms with van der Waals surface area (Å²) in [5.41, 5.74) is 1.32. The zero-order valence-electron chi connectivity index (χ0n) is 17.5. The van der Waals surface area contributed by atoms with Crippen LogP contribution in [0, 0.1) is 10.1 Å². The number of benzene rings is 2. The van der Waals surface area contributed by atoms with Gasteiger partial charge in [-0.2, -0.15) is 0 Å². The van der Waals surface area contributed by atoms with Crippen LogP contribution in [-0.4, -0.2) is 61.4 Å². The van der Waals surface area contributed by atoms with Crippen molar-refractivity contribution in [1.29, 1.82) is 0 Å². The fourth-order valence-corrected chi connectivity index (χ4v) is 3.74. The molecule has 4 rings (SSSR count). The van der Waals surface area contributed by atoms with E-state index in [0.717, 1.165) is 32.8 Å². The van der Waals surface area contributed by atoms with Crippen LogP contribution in [0.25, 0.3) is 10.9 Å². The van der Waals surface area contributed by atoms with E-state index in [0.29, 0.717) is 45.4 Å². The Kier molecular flexibility index (Phi) is 6.89. The van der Waals surface area contributed by atoms with Crippen molar-refractivity contribution in [1.82, 2.24) is 9.88 Å². The van der Waals surface area contributed by atoms with Crippen LogP contribution in [0.3, 0.4) is 0 Å². The van der Waals surface area contributed by atoms with Gasteiger partial charge in [-0.25, -0.2) is 4.98 Å². The second-order valence-electron chi connectivity index (χ2n) is 7.23. The van der Waals surface area contributed by atoms with Crippen LogP contribution in [0.4, 0.5) is 17.1 Å². The van der Waals surface area contributed by atoms with E-state index in [1.165, 1.54) is 13.3 Å². The van der Waals surface area contributed by atoms with Gasteiger partial charge in [0, 0.05) is 41.8 Å². The molecule has 0 atom stereocenters. The van der Waals surface area contributed by atoms with E-state index in [1.807, 2.05) is 0 Å². The highest BCUT2D eigenvalue weighted by Gasteiger charge is 2.21. The molecule has 10 heteroatoms. The van der Waals surface area contributed by atoms with Crippen molar-refractivity contribution in [2.24, 2.45) is 0 Å². The molecule has 0 unspecified atom stereocenters. The van der Waals surface area contributed by atoms with Gasteiger partial charge in [-0.05, 0) is 24.3 Å². The number of aromatic nitrogens is 1. The quantitative estimate of drug-likeness (QED) is 0.395. The van der Waals surface area contributed by atoms with E-state index in [9.17, 15) is 10.1 Å². The van der Waals surface area contributed by atoms with Crippen molar-refractivity contribution in [3.05, 3.63) is 57.7 Å². The van der Waals surface area contributed by atoms with Gasteiger partial charge in [0.25, 0.3) is 0 Å². The molecule has 0 amide bonds. The van der Waals surface area contributed by atoms with Gasteiger partial charge in [0.15, 0.2) is 11.5 Å². The van der Waals surface area contributed by atoms with E-state index >= 15 is 0 Å². The molecule has 0 bridgehead atoms. The second-order valence-corrected chi connectivity index (χ2v) is 7.67. The molecule has 168 valence electrons. The SMILES string of the molecule is COc1cc2c(Nc3cccc(Cl)c3)c([N+](=O)[O-])cnc2cc1OCCN1CCOCC1. The lowest BCUT2D eigenvalue weighted by molar-refractivity contribution is -0.384. The Morgan fingerprint density at radius 3 is 2.78 bits per heavy atom. The first-order valence-electron chi connectivity index (χ1n) is 10.2. The third-order valence-corrected chi connectivity index (χ3v) is 5.43. The summed E-state index contributed by atoms with van der Waals surface area (Å²) in [6.45, 7) is 4.45. The lowest BCUT2D eigenvalue weighted by Crippen LogP contribution is -2.38. The van der Waals surface area contributed by atoms with Crippen molar-refractivity contribution in [2.45, 2.75) is 0 Å². The summed E-state index contributed by atoms with van der Waals surface area (Å²) in [4.78, 5) is 17.7. The van der Waals surface area contributed by atoms with Crippen LogP contribution in [0.1, 0.15) is 0 Å². The molecular formula is C22H23ClN4O5.